The van der Waals surface area contributed by atoms with Crippen molar-refractivity contribution in [3.05, 3.63) is 53.0 Å². The Kier molecular flexibility index (Phi) is 9.83. The van der Waals surface area contributed by atoms with E-state index in [1.165, 1.54) is 19.3 Å². The van der Waals surface area contributed by atoms with Gasteiger partial charge in [-0.3, -0.25) is 9.59 Å². The topological polar surface area (TPSA) is 69.6 Å². The van der Waals surface area contributed by atoms with Crippen LogP contribution in [0.2, 0.25) is 0 Å². The van der Waals surface area contributed by atoms with Crippen LogP contribution in [0.25, 0.3) is 0 Å². The van der Waals surface area contributed by atoms with Crippen LogP contribution in [0.5, 0.6) is 5.75 Å². The van der Waals surface area contributed by atoms with Gasteiger partial charge in [-0.1, -0.05) is 59.1 Å². The van der Waals surface area contributed by atoms with E-state index < -0.39 is 0 Å². The summed E-state index contributed by atoms with van der Waals surface area (Å²) in [5, 5.41) is 13.2. The van der Waals surface area contributed by atoms with Gasteiger partial charge in [0.15, 0.2) is 5.78 Å². The largest absolute Gasteiger partial charge is 0.508 e. The lowest BCUT2D eigenvalue weighted by atomic mass is 9.88. The number of phenolic OH excluding ortho intramolecular Hbond substituents is 1. The van der Waals surface area contributed by atoms with Gasteiger partial charge in [-0.05, 0) is 48.6 Å². The Morgan fingerprint density at radius 2 is 1.61 bits per heavy atom. The summed E-state index contributed by atoms with van der Waals surface area (Å²) in [6.45, 7) is 8.55. The summed E-state index contributed by atoms with van der Waals surface area (Å²) in [6.07, 6.45) is 9.25. The lowest BCUT2D eigenvalue weighted by Gasteiger charge is -2.38. The van der Waals surface area contributed by atoms with E-state index in [1.54, 1.807) is 12.1 Å². The fourth-order valence-electron chi connectivity index (χ4n) is 4.35. The van der Waals surface area contributed by atoms with E-state index in [0.29, 0.717) is 31.1 Å². The molecule has 1 aromatic carbocycles. The molecule has 4 rings (SSSR count). The molecule has 0 bridgehead atoms. The van der Waals surface area contributed by atoms with Crippen molar-refractivity contribution < 1.29 is 14.7 Å². The number of phenols is 1. The van der Waals surface area contributed by atoms with Gasteiger partial charge in [0.25, 0.3) is 0 Å². The molecule has 0 spiro atoms. The molecule has 5 nitrogen and oxygen atoms in total. The SMILES string of the molecule is CC.CC.O=C1CC(=O)C2=C(CC=C(NC3CCCCC3)N2Cc2ccc(O)cc2)C1. The van der Waals surface area contributed by atoms with Crippen LogP contribution < -0.4 is 5.32 Å². The minimum atomic E-state index is -0.0731. The maximum absolute atomic E-state index is 12.7. The second-order valence-corrected chi connectivity index (χ2v) is 7.79. The number of hydrogen-bond acceptors (Lipinski definition) is 5. The lowest BCUT2D eigenvalue weighted by molar-refractivity contribution is -0.126. The Bertz CT molecular complexity index is 802. The summed E-state index contributed by atoms with van der Waals surface area (Å²) in [7, 11) is 0. The number of rotatable bonds is 4. The van der Waals surface area contributed by atoms with Crippen molar-refractivity contribution in [1.82, 2.24) is 10.2 Å². The van der Waals surface area contributed by atoms with Crippen LogP contribution in [0.1, 0.15) is 84.6 Å². The molecule has 0 aromatic heterocycles. The van der Waals surface area contributed by atoms with Gasteiger partial charge in [0.1, 0.15) is 17.4 Å². The van der Waals surface area contributed by atoms with E-state index >= 15 is 0 Å². The van der Waals surface area contributed by atoms with Crippen molar-refractivity contribution in [3.8, 4) is 5.75 Å². The predicted molar refractivity (Wildman–Crippen MR) is 125 cm³/mol. The number of nitrogens with zero attached hydrogens (tertiary/aromatic N) is 1. The first-order valence-corrected chi connectivity index (χ1v) is 11.9. The van der Waals surface area contributed by atoms with E-state index in [1.807, 2.05) is 39.8 Å². The second-order valence-electron chi connectivity index (χ2n) is 7.79. The highest BCUT2D eigenvalue weighted by Gasteiger charge is 2.34. The molecular formula is C26H38N2O3. The minimum Gasteiger partial charge on any atom is -0.508 e. The molecule has 1 aromatic rings. The smallest absolute Gasteiger partial charge is 0.186 e. The van der Waals surface area contributed by atoms with Gasteiger partial charge in [-0.2, -0.15) is 0 Å². The Morgan fingerprint density at radius 3 is 2.26 bits per heavy atom. The fraction of sp³-hybridized carbons (Fsp3) is 0.538. The van der Waals surface area contributed by atoms with Crippen LogP contribution in [-0.2, 0) is 16.1 Å². The van der Waals surface area contributed by atoms with Crippen molar-refractivity contribution in [2.75, 3.05) is 0 Å². The predicted octanol–water partition coefficient (Wildman–Crippen LogP) is 5.60. The number of aromatic hydroxyl groups is 1. The monoisotopic (exact) mass is 426 g/mol. The van der Waals surface area contributed by atoms with Gasteiger partial charge < -0.3 is 15.3 Å². The summed E-state index contributed by atoms with van der Waals surface area (Å²) in [5.41, 5.74) is 2.65. The molecule has 1 aliphatic heterocycles. The van der Waals surface area contributed by atoms with Gasteiger partial charge in [0, 0.05) is 19.0 Å². The number of allylic oxidation sites excluding steroid dienone is 3. The van der Waals surface area contributed by atoms with E-state index in [4.69, 9.17) is 0 Å². The quantitative estimate of drug-likeness (QED) is 0.613. The van der Waals surface area contributed by atoms with Crippen molar-refractivity contribution >= 4 is 11.6 Å². The second kappa shape index (κ2) is 12.3. The maximum atomic E-state index is 12.7. The zero-order chi connectivity index (χ0) is 22.8. The van der Waals surface area contributed by atoms with Gasteiger partial charge in [0.2, 0.25) is 0 Å². The van der Waals surface area contributed by atoms with Crippen LogP contribution in [0.4, 0.5) is 0 Å². The van der Waals surface area contributed by atoms with Gasteiger partial charge in [0.05, 0.1) is 12.1 Å². The van der Waals surface area contributed by atoms with Crippen molar-refractivity contribution in [3.63, 3.8) is 0 Å². The number of carbonyl (C=O) groups is 2. The number of ketones is 2. The molecule has 1 heterocycles. The Balaban J connectivity index is 0.000000807. The molecule has 0 saturated heterocycles. The average Bonchev–Trinajstić information content (AvgIpc) is 2.80. The molecule has 0 atom stereocenters. The fourth-order valence-corrected chi connectivity index (χ4v) is 4.35. The number of carbonyl (C=O) groups excluding carboxylic acids is 2. The highest BCUT2D eigenvalue weighted by atomic mass is 16.3. The van der Waals surface area contributed by atoms with Crippen LogP contribution >= 0.6 is 0 Å². The van der Waals surface area contributed by atoms with Crippen molar-refractivity contribution in [2.45, 2.75) is 91.6 Å². The first-order valence-electron chi connectivity index (χ1n) is 11.9. The third-order valence-electron chi connectivity index (χ3n) is 5.70. The Morgan fingerprint density at radius 1 is 0.968 bits per heavy atom. The molecule has 1 fully saturated rings. The zero-order valence-corrected chi connectivity index (χ0v) is 19.5. The van der Waals surface area contributed by atoms with Crippen LogP contribution in [0, 0.1) is 0 Å². The standard InChI is InChI=1S/C22H26N2O3.2C2H6/c25-18-9-6-15(7-10-18)14-24-21(23-17-4-2-1-3-5-17)11-8-16-12-19(26)13-20(27)22(16)24;2*1-2/h6-7,9-11,17,23,25H,1-5,8,12-14H2;2*1-2H3. The molecule has 0 radical (unpaired) electrons. The summed E-state index contributed by atoms with van der Waals surface area (Å²) >= 11 is 0. The first kappa shape index (κ1) is 24.7. The zero-order valence-electron chi connectivity index (χ0n) is 19.5. The average molecular weight is 427 g/mol. The Hall–Kier alpha value is -2.56. The van der Waals surface area contributed by atoms with E-state index in [0.717, 1.165) is 29.8 Å². The normalized spacial score (nSPS) is 18.8. The number of Topliss-reactive ketones (excluding diaryl/α,β-unsaturated/α-hetero) is 2. The molecular weight excluding hydrogens is 388 g/mol. The van der Waals surface area contributed by atoms with Gasteiger partial charge >= 0.3 is 0 Å². The summed E-state index contributed by atoms with van der Waals surface area (Å²) < 4.78 is 0. The third kappa shape index (κ3) is 6.46. The van der Waals surface area contributed by atoms with E-state index in [-0.39, 0.29) is 23.7 Å². The van der Waals surface area contributed by atoms with Gasteiger partial charge in [-0.15, -0.1) is 0 Å². The highest BCUT2D eigenvalue weighted by molar-refractivity contribution is 6.11. The molecule has 0 amide bonds. The number of nitrogens with one attached hydrogen (secondary N) is 1. The van der Waals surface area contributed by atoms with Crippen LogP contribution in [-0.4, -0.2) is 27.6 Å². The molecule has 1 saturated carbocycles. The number of benzene rings is 1. The maximum Gasteiger partial charge on any atom is 0.186 e. The highest BCUT2D eigenvalue weighted by Crippen LogP contribution is 2.34. The molecule has 5 heteroatoms. The molecule has 2 N–H and O–H groups in total. The van der Waals surface area contributed by atoms with Crippen molar-refractivity contribution in [2.24, 2.45) is 0 Å². The molecule has 2 aliphatic carbocycles. The van der Waals surface area contributed by atoms with E-state index in [2.05, 4.69) is 16.3 Å². The summed E-state index contributed by atoms with van der Waals surface area (Å²) in [6, 6.07) is 7.52. The first-order chi connectivity index (χ1) is 15.1. The van der Waals surface area contributed by atoms with Crippen LogP contribution in [0.3, 0.4) is 0 Å². The van der Waals surface area contributed by atoms with Crippen LogP contribution in [0.15, 0.2) is 47.4 Å². The van der Waals surface area contributed by atoms with Gasteiger partial charge in [-0.25, -0.2) is 0 Å². The molecule has 31 heavy (non-hydrogen) atoms. The molecule has 0 unspecified atom stereocenters. The summed E-state index contributed by atoms with van der Waals surface area (Å²) in [5.74, 6) is 1.15. The lowest BCUT2D eigenvalue weighted by Crippen LogP contribution is -2.42. The van der Waals surface area contributed by atoms with E-state index in [9.17, 15) is 14.7 Å². The molecule has 170 valence electrons. The molecule has 3 aliphatic rings. The Labute approximate surface area is 187 Å². The number of hydrogen-bond donors (Lipinski definition) is 2. The third-order valence-corrected chi connectivity index (χ3v) is 5.70. The minimum absolute atomic E-state index is 0.00161. The summed E-state index contributed by atoms with van der Waals surface area (Å²) in [4.78, 5) is 26.7. The van der Waals surface area contributed by atoms with Crippen molar-refractivity contribution in [1.29, 1.82) is 0 Å².